The lowest BCUT2D eigenvalue weighted by atomic mass is 9.47. The molecule has 0 bridgehead atoms. The first-order valence-electron chi connectivity index (χ1n) is 10.2. The number of fused-ring (bicyclic) bond motifs is 1. The van der Waals surface area contributed by atoms with Crippen molar-refractivity contribution in [3.05, 3.63) is 23.8 Å². The lowest BCUT2D eigenvalue weighted by Gasteiger charge is -2.58. The standard InChI is InChI=1S/C23H39NO/c1-17(9-7-10-19(3)24-25)11-13-20-18(2)12-14-21-22(4,5)15-8-16-23(20,21)6/h9,20-21,25H,2,7-8,10-16H2,1,3-6H3/b17-9-,24-19-/t20-,21+,23-/m0/s1. The molecule has 3 atom stereocenters. The van der Waals surface area contributed by atoms with Gasteiger partial charge in [0.2, 0.25) is 0 Å². The fourth-order valence-corrected chi connectivity index (χ4v) is 5.86. The maximum Gasteiger partial charge on any atom is 0.0543 e. The van der Waals surface area contributed by atoms with E-state index in [0.29, 0.717) is 16.7 Å². The summed E-state index contributed by atoms with van der Waals surface area (Å²) < 4.78 is 0. The van der Waals surface area contributed by atoms with Crippen molar-refractivity contribution in [1.82, 2.24) is 0 Å². The van der Waals surface area contributed by atoms with E-state index in [-0.39, 0.29) is 0 Å². The Morgan fingerprint density at radius 2 is 1.96 bits per heavy atom. The molecule has 2 fully saturated rings. The van der Waals surface area contributed by atoms with Crippen LogP contribution >= 0.6 is 0 Å². The lowest BCUT2D eigenvalue weighted by molar-refractivity contribution is -0.0539. The van der Waals surface area contributed by atoms with Crippen molar-refractivity contribution in [2.24, 2.45) is 27.8 Å². The van der Waals surface area contributed by atoms with Crippen molar-refractivity contribution in [3.8, 4) is 0 Å². The van der Waals surface area contributed by atoms with E-state index in [9.17, 15) is 0 Å². The molecule has 142 valence electrons. The van der Waals surface area contributed by atoms with Gasteiger partial charge in [0.05, 0.1) is 5.71 Å². The SMILES string of the molecule is C=C1CC[C@@H]2C(C)(C)CCC[C@@]2(C)[C@H]1CC/C(C)=C\CC/C(C)=N\O. The molecule has 0 amide bonds. The molecular weight excluding hydrogens is 306 g/mol. The number of nitrogens with zero attached hydrogens (tertiary/aromatic N) is 1. The molecule has 0 aliphatic heterocycles. The van der Waals surface area contributed by atoms with Crippen LogP contribution in [0.5, 0.6) is 0 Å². The minimum atomic E-state index is 0.442. The molecule has 0 saturated heterocycles. The van der Waals surface area contributed by atoms with E-state index in [1.807, 2.05) is 6.92 Å². The van der Waals surface area contributed by atoms with Gasteiger partial charge in [-0.3, -0.25) is 0 Å². The molecule has 25 heavy (non-hydrogen) atoms. The Morgan fingerprint density at radius 1 is 1.24 bits per heavy atom. The summed E-state index contributed by atoms with van der Waals surface area (Å²) >= 11 is 0. The second-order valence-corrected chi connectivity index (χ2v) is 9.61. The van der Waals surface area contributed by atoms with Crippen LogP contribution < -0.4 is 0 Å². The molecular formula is C23H39NO. The van der Waals surface area contributed by atoms with Crippen molar-refractivity contribution in [3.63, 3.8) is 0 Å². The van der Waals surface area contributed by atoms with Gasteiger partial charge in [-0.1, -0.05) is 56.1 Å². The van der Waals surface area contributed by atoms with E-state index in [4.69, 9.17) is 5.21 Å². The van der Waals surface area contributed by atoms with Crippen LogP contribution in [0.25, 0.3) is 0 Å². The predicted octanol–water partition coefficient (Wildman–Crippen LogP) is 7.14. The lowest BCUT2D eigenvalue weighted by Crippen LogP contribution is -2.49. The monoisotopic (exact) mass is 345 g/mol. The third kappa shape index (κ3) is 4.57. The van der Waals surface area contributed by atoms with Crippen LogP contribution in [-0.2, 0) is 0 Å². The second kappa shape index (κ2) is 8.10. The Labute approximate surface area is 155 Å². The summed E-state index contributed by atoms with van der Waals surface area (Å²) in [6.45, 7) is 16.2. The first-order chi connectivity index (χ1) is 11.7. The summed E-state index contributed by atoms with van der Waals surface area (Å²) in [5.41, 5.74) is 4.71. The highest BCUT2D eigenvalue weighted by Gasteiger charge is 2.52. The average molecular weight is 346 g/mol. The smallest absolute Gasteiger partial charge is 0.0543 e. The molecule has 0 spiro atoms. The zero-order chi connectivity index (χ0) is 18.7. The molecule has 1 N–H and O–H groups in total. The molecule has 2 rings (SSSR count). The molecule has 0 aromatic carbocycles. The van der Waals surface area contributed by atoms with Gasteiger partial charge in [-0.05, 0) is 87.9 Å². The summed E-state index contributed by atoms with van der Waals surface area (Å²) in [4.78, 5) is 0. The molecule has 0 aromatic heterocycles. The van der Waals surface area contributed by atoms with Gasteiger partial charge in [-0.25, -0.2) is 0 Å². The Hall–Kier alpha value is -1.05. The minimum absolute atomic E-state index is 0.442. The van der Waals surface area contributed by atoms with Crippen LogP contribution in [-0.4, -0.2) is 10.9 Å². The molecule has 0 aromatic rings. The van der Waals surface area contributed by atoms with Gasteiger partial charge >= 0.3 is 0 Å². The highest BCUT2D eigenvalue weighted by molar-refractivity contribution is 5.81. The fourth-order valence-electron chi connectivity index (χ4n) is 5.86. The number of allylic oxidation sites excluding steroid dienone is 3. The van der Waals surface area contributed by atoms with E-state index >= 15 is 0 Å². The van der Waals surface area contributed by atoms with Crippen LogP contribution in [0.15, 0.2) is 29.0 Å². The fraction of sp³-hybridized carbons (Fsp3) is 0.783. The first kappa shape index (κ1) is 20.3. The Morgan fingerprint density at radius 3 is 2.64 bits per heavy atom. The topological polar surface area (TPSA) is 32.6 Å². The number of rotatable bonds is 6. The van der Waals surface area contributed by atoms with Gasteiger partial charge in [0.15, 0.2) is 0 Å². The van der Waals surface area contributed by atoms with Crippen LogP contribution in [0, 0.1) is 22.7 Å². The second-order valence-electron chi connectivity index (χ2n) is 9.61. The normalized spacial score (nSPS) is 33.2. The van der Waals surface area contributed by atoms with Crippen LogP contribution in [0.4, 0.5) is 0 Å². The van der Waals surface area contributed by atoms with Crippen LogP contribution in [0.2, 0.25) is 0 Å². The number of hydrogen-bond donors (Lipinski definition) is 1. The van der Waals surface area contributed by atoms with Crippen LogP contribution in [0.1, 0.15) is 92.4 Å². The van der Waals surface area contributed by atoms with Gasteiger partial charge < -0.3 is 5.21 Å². The Balaban J connectivity index is 2.02. The van der Waals surface area contributed by atoms with Gasteiger partial charge in [-0.15, -0.1) is 0 Å². The predicted molar refractivity (Wildman–Crippen MR) is 108 cm³/mol. The summed E-state index contributed by atoms with van der Waals surface area (Å²) in [6, 6.07) is 0. The molecule has 2 aliphatic rings. The first-order valence-corrected chi connectivity index (χ1v) is 10.2. The highest BCUT2D eigenvalue weighted by atomic mass is 16.4. The molecule has 2 nitrogen and oxygen atoms in total. The van der Waals surface area contributed by atoms with E-state index in [1.54, 1.807) is 0 Å². The maximum atomic E-state index is 8.74. The third-order valence-electron chi connectivity index (χ3n) is 7.32. The molecule has 0 radical (unpaired) electrons. The number of oxime groups is 1. The zero-order valence-corrected chi connectivity index (χ0v) is 17.2. The summed E-state index contributed by atoms with van der Waals surface area (Å²) in [5.74, 6) is 1.52. The van der Waals surface area contributed by atoms with Crippen molar-refractivity contribution in [2.45, 2.75) is 92.4 Å². The van der Waals surface area contributed by atoms with E-state index in [0.717, 1.165) is 24.5 Å². The quantitative estimate of drug-likeness (QED) is 0.236. The van der Waals surface area contributed by atoms with E-state index < -0.39 is 0 Å². The zero-order valence-electron chi connectivity index (χ0n) is 17.2. The van der Waals surface area contributed by atoms with Gasteiger partial charge in [0.25, 0.3) is 0 Å². The maximum absolute atomic E-state index is 8.74. The third-order valence-corrected chi connectivity index (χ3v) is 7.32. The summed E-state index contributed by atoms with van der Waals surface area (Å²) in [7, 11) is 0. The van der Waals surface area contributed by atoms with Crippen molar-refractivity contribution in [1.29, 1.82) is 0 Å². The molecule has 0 unspecified atom stereocenters. The average Bonchev–Trinajstić information content (AvgIpc) is 2.53. The minimum Gasteiger partial charge on any atom is -0.411 e. The Kier molecular flexibility index (Phi) is 6.56. The van der Waals surface area contributed by atoms with Gasteiger partial charge in [-0.2, -0.15) is 0 Å². The summed E-state index contributed by atoms with van der Waals surface area (Å²) in [6.07, 6.45) is 13.3. The van der Waals surface area contributed by atoms with Gasteiger partial charge in [0.1, 0.15) is 0 Å². The van der Waals surface area contributed by atoms with Crippen LogP contribution in [0.3, 0.4) is 0 Å². The molecule has 2 saturated carbocycles. The van der Waals surface area contributed by atoms with Crippen molar-refractivity contribution < 1.29 is 5.21 Å². The Bertz CT molecular complexity index is 542. The van der Waals surface area contributed by atoms with E-state index in [1.165, 1.54) is 56.1 Å². The van der Waals surface area contributed by atoms with Crippen molar-refractivity contribution in [2.75, 3.05) is 0 Å². The number of hydrogen-bond acceptors (Lipinski definition) is 2. The molecule has 2 heteroatoms. The summed E-state index contributed by atoms with van der Waals surface area (Å²) in [5, 5.41) is 12.0. The molecule has 2 aliphatic carbocycles. The highest BCUT2D eigenvalue weighted by Crippen LogP contribution is 2.61. The molecule has 0 heterocycles. The van der Waals surface area contributed by atoms with E-state index in [2.05, 4.69) is 45.5 Å². The largest absolute Gasteiger partial charge is 0.411 e. The van der Waals surface area contributed by atoms with Gasteiger partial charge in [0, 0.05) is 0 Å². The van der Waals surface area contributed by atoms with Crippen molar-refractivity contribution >= 4 is 5.71 Å².